The number of carbonyl (C=O) groups is 1. The lowest BCUT2D eigenvalue weighted by atomic mass is 9.80. The van der Waals surface area contributed by atoms with E-state index in [-0.39, 0.29) is 13.2 Å². The molecule has 2 rings (SSSR count). The molecule has 1 aliphatic rings. The molecule has 5 nitrogen and oxygen atoms in total. The van der Waals surface area contributed by atoms with E-state index in [1.165, 1.54) is 18.7 Å². The fraction of sp³-hybridized carbons (Fsp3) is 0.375. The van der Waals surface area contributed by atoms with Crippen molar-refractivity contribution in [3.63, 3.8) is 0 Å². The molecule has 68 valence electrons. The molecule has 0 radical (unpaired) electrons. The first kappa shape index (κ1) is 8.12. The largest absolute Gasteiger partial charge is 0.480 e. The second-order valence-electron chi connectivity index (χ2n) is 3.01. The number of carboxylic acids is 1. The van der Waals surface area contributed by atoms with E-state index in [0.717, 1.165) is 0 Å². The highest BCUT2D eigenvalue weighted by Crippen LogP contribution is 2.31. The minimum atomic E-state index is -0.915. The van der Waals surface area contributed by atoms with E-state index in [4.69, 9.17) is 9.84 Å². The van der Waals surface area contributed by atoms with Gasteiger partial charge in [0.2, 0.25) is 0 Å². The second kappa shape index (κ2) is 2.77. The molecule has 0 atom stereocenters. The molecule has 0 spiro atoms. The maximum absolute atomic E-state index is 11.0. The van der Waals surface area contributed by atoms with E-state index in [0.29, 0.717) is 5.56 Å². The molecule has 0 saturated carbocycles. The van der Waals surface area contributed by atoms with Gasteiger partial charge in [-0.2, -0.15) is 0 Å². The third-order valence-electron chi connectivity index (χ3n) is 2.22. The average molecular weight is 180 g/mol. The predicted molar refractivity (Wildman–Crippen MR) is 42.2 cm³/mol. The molecule has 1 aromatic rings. The van der Waals surface area contributed by atoms with Crippen LogP contribution in [0.25, 0.3) is 0 Å². The van der Waals surface area contributed by atoms with E-state index in [2.05, 4.69) is 9.97 Å². The zero-order valence-electron chi connectivity index (χ0n) is 6.80. The average Bonchev–Trinajstić information content (AvgIpc) is 2.03. The van der Waals surface area contributed by atoms with Gasteiger partial charge < -0.3 is 9.84 Å². The van der Waals surface area contributed by atoms with Crippen molar-refractivity contribution in [2.45, 2.75) is 5.41 Å². The summed E-state index contributed by atoms with van der Waals surface area (Å²) in [4.78, 5) is 18.5. The maximum atomic E-state index is 11.0. The molecule has 0 unspecified atom stereocenters. The van der Waals surface area contributed by atoms with Gasteiger partial charge in [-0.1, -0.05) is 0 Å². The highest BCUT2D eigenvalue weighted by molar-refractivity contribution is 5.82. The summed E-state index contributed by atoms with van der Waals surface area (Å²) in [6.45, 7) is 0.408. The van der Waals surface area contributed by atoms with Crippen LogP contribution in [-0.4, -0.2) is 34.3 Å². The standard InChI is InChI=1S/C8H8N2O3/c11-7(12)8(3-13-4-8)6-1-9-5-10-2-6/h1-2,5H,3-4H2,(H,11,12). The van der Waals surface area contributed by atoms with E-state index < -0.39 is 11.4 Å². The molecular weight excluding hydrogens is 172 g/mol. The Morgan fingerprint density at radius 3 is 2.46 bits per heavy atom. The molecule has 5 heteroatoms. The molecule has 1 aliphatic heterocycles. The number of rotatable bonds is 2. The van der Waals surface area contributed by atoms with Crippen LogP contribution in [0.2, 0.25) is 0 Å². The molecule has 0 aliphatic carbocycles. The Kier molecular flexibility index (Phi) is 1.73. The third-order valence-corrected chi connectivity index (χ3v) is 2.22. The molecule has 0 aromatic carbocycles. The van der Waals surface area contributed by atoms with Crippen LogP contribution in [0.3, 0.4) is 0 Å². The Morgan fingerprint density at radius 2 is 2.08 bits per heavy atom. The first-order valence-electron chi connectivity index (χ1n) is 3.82. The van der Waals surface area contributed by atoms with E-state index >= 15 is 0 Å². The molecule has 1 N–H and O–H groups in total. The Labute approximate surface area is 74.4 Å². The molecular formula is C8H8N2O3. The zero-order chi connectivity index (χ0) is 9.31. The minimum absolute atomic E-state index is 0.204. The summed E-state index contributed by atoms with van der Waals surface area (Å²) < 4.78 is 4.92. The SMILES string of the molecule is O=C(O)C1(c2cncnc2)COC1. The molecule has 13 heavy (non-hydrogen) atoms. The molecule has 1 fully saturated rings. The van der Waals surface area contributed by atoms with Crippen LogP contribution in [0.4, 0.5) is 0 Å². The summed E-state index contributed by atoms with van der Waals surface area (Å²) in [5.74, 6) is -0.881. The summed E-state index contributed by atoms with van der Waals surface area (Å²) >= 11 is 0. The number of hydrogen-bond acceptors (Lipinski definition) is 4. The van der Waals surface area contributed by atoms with Gasteiger partial charge in [0, 0.05) is 18.0 Å². The molecule has 0 bridgehead atoms. The number of nitrogens with zero attached hydrogens (tertiary/aromatic N) is 2. The van der Waals surface area contributed by atoms with Crippen LogP contribution in [0.1, 0.15) is 5.56 Å². The topological polar surface area (TPSA) is 72.3 Å². The van der Waals surface area contributed by atoms with Gasteiger partial charge >= 0.3 is 5.97 Å². The first-order valence-corrected chi connectivity index (χ1v) is 3.82. The third kappa shape index (κ3) is 1.08. The Bertz CT molecular complexity index is 321. The number of aliphatic carboxylic acids is 1. The van der Waals surface area contributed by atoms with Crippen molar-refractivity contribution in [1.82, 2.24) is 9.97 Å². The quantitative estimate of drug-likeness (QED) is 0.684. The lowest BCUT2D eigenvalue weighted by Gasteiger charge is -2.36. The van der Waals surface area contributed by atoms with E-state index in [1.807, 2.05) is 0 Å². The van der Waals surface area contributed by atoms with Crippen LogP contribution in [0.5, 0.6) is 0 Å². The van der Waals surface area contributed by atoms with Crippen molar-refractivity contribution in [3.05, 3.63) is 24.3 Å². The van der Waals surface area contributed by atoms with Crippen molar-refractivity contribution >= 4 is 5.97 Å². The summed E-state index contributed by atoms with van der Waals surface area (Å²) in [5, 5.41) is 9.00. The molecule has 1 aromatic heterocycles. The highest BCUT2D eigenvalue weighted by atomic mass is 16.5. The van der Waals surface area contributed by atoms with Gasteiger partial charge in [-0.05, 0) is 0 Å². The van der Waals surface area contributed by atoms with Gasteiger partial charge in [0.1, 0.15) is 11.7 Å². The molecule has 0 amide bonds. The van der Waals surface area contributed by atoms with Gasteiger partial charge in [0.25, 0.3) is 0 Å². The van der Waals surface area contributed by atoms with Gasteiger partial charge in [-0.15, -0.1) is 0 Å². The van der Waals surface area contributed by atoms with Crippen LogP contribution in [0.15, 0.2) is 18.7 Å². The number of aromatic nitrogens is 2. The Balaban J connectivity index is 2.38. The van der Waals surface area contributed by atoms with Crippen LogP contribution < -0.4 is 0 Å². The monoisotopic (exact) mass is 180 g/mol. The fourth-order valence-electron chi connectivity index (χ4n) is 1.27. The van der Waals surface area contributed by atoms with Crippen molar-refractivity contribution in [1.29, 1.82) is 0 Å². The summed E-state index contributed by atoms with van der Waals surface area (Å²) in [6.07, 6.45) is 4.41. The molecule has 2 heterocycles. The Hall–Kier alpha value is -1.49. The minimum Gasteiger partial charge on any atom is -0.480 e. The lowest BCUT2D eigenvalue weighted by molar-refractivity contribution is -0.163. The van der Waals surface area contributed by atoms with Gasteiger partial charge in [-0.25, -0.2) is 9.97 Å². The Morgan fingerprint density at radius 1 is 1.46 bits per heavy atom. The number of hydrogen-bond donors (Lipinski definition) is 1. The van der Waals surface area contributed by atoms with Crippen LogP contribution in [-0.2, 0) is 14.9 Å². The van der Waals surface area contributed by atoms with Gasteiger partial charge in [-0.3, -0.25) is 4.79 Å². The first-order chi connectivity index (χ1) is 6.26. The summed E-state index contributed by atoms with van der Waals surface area (Å²) in [6, 6.07) is 0. The zero-order valence-corrected chi connectivity index (χ0v) is 6.80. The van der Waals surface area contributed by atoms with Crippen molar-refractivity contribution < 1.29 is 14.6 Å². The fourth-order valence-corrected chi connectivity index (χ4v) is 1.27. The van der Waals surface area contributed by atoms with Crippen molar-refractivity contribution in [2.24, 2.45) is 0 Å². The van der Waals surface area contributed by atoms with Crippen LogP contribution in [0, 0.1) is 0 Å². The van der Waals surface area contributed by atoms with E-state index in [9.17, 15) is 4.79 Å². The number of ether oxygens (including phenoxy) is 1. The predicted octanol–water partition coefficient (Wildman–Crippen LogP) is -0.171. The maximum Gasteiger partial charge on any atom is 0.319 e. The van der Waals surface area contributed by atoms with Gasteiger partial charge in [0.15, 0.2) is 0 Å². The normalized spacial score (nSPS) is 19.1. The summed E-state index contributed by atoms with van der Waals surface area (Å²) in [7, 11) is 0. The molecule has 1 saturated heterocycles. The summed E-state index contributed by atoms with van der Waals surface area (Å²) in [5.41, 5.74) is -0.310. The second-order valence-corrected chi connectivity index (χ2v) is 3.01. The number of carboxylic acid groups (broad SMARTS) is 1. The highest BCUT2D eigenvalue weighted by Gasteiger charge is 2.48. The van der Waals surface area contributed by atoms with Crippen molar-refractivity contribution in [2.75, 3.05) is 13.2 Å². The van der Waals surface area contributed by atoms with Gasteiger partial charge in [0.05, 0.1) is 13.2 Å². The van der Waals surface area contributed by atoms with Crippen LogP contribution >= 0.6 is 0 Å². The van der Waals surface area contributed by atoms with Crippen molar-refractivity contribution in [3.8, 4) is 0 Å². The van der Waals surface area contributed by atoms with E-state index in [1.54, 1.807) is 0 Å². The lowest BCUT2D eigenvalue weighted by Crippen LogP contribution is -2.53. The smallest absolute Gasteiger partial charge is 0.319 e.